The van der Waals surface area contributed by atoms with Crippen LogP contribution in [0, 0.1) is 5.92 Å². The van der Waals surface area contributed by atoms with E-state index in [1.807, 2.05) is 30.0 Å². The van der Waals surface area contributed by atoms with Crippen LogP contribution in [0.5, 0.6) is 0 Å². The molecule has 0 aromatic heterocycles. The van der Waals surface area contributed by atoms with E-state index < -0.39 is 0 Å². The Morgan fingerprint density at radius 1 is 1.32 bits per heavy atom. The Hall–Kier alpha value is -1.35. The van der Waals surface area contributed by atoms with Gasteiger partial charge in [0.05, 0.1) is 0 Å². The molecule has 19 heavy (non-hydrogen) atoms. The van der Waals surface area contributed by atoms with Crippen LogP contribution in [0.4, 0.5) is 0 Å². The highest BCUT2D eigenvalue weighted by Crippen LogP contribution is 2.07. The maximum absolute atomic E-state index is 12.1. The normalized spacial score (nSPS) is 12.2. The molecule has 106 valence electrons. The SMILES string of the molecule is CCN(CC(C)CN)C(=O)CCCc1ccccc1. The van der Waals surface area contributed by atoms with Gasteiger partial charge in [0.15, 0.2) is 0 Å². The molecule has 0 radical (unpaired) electrons. The summed E-state index contributed by atoms with van der Waals surface area (Å²) in [6.45, 7) is 6.29. The molecule has 0 aliphatic rings. The van der Waals surface area contributed by atoms with Crippen molar-refractivity contribution in [3.05, 3.63) is 35.9 Å². The van der Waals surface area contributed by atoms with Crippen LogP contribution in [0.25, 0.3) is 0 Å². The first-order chi connectivity index (χ1) is 9.17. The molecular formula is C16H26N2O. The molecule has 1 rings (SSSR count). The first-order valence-corrected chi connectivity index (χ1v) is 7.19. The zero-order chi connectivity index (χ0) is 14.1. The molecule has 0 heterocycles. The molecule has 1 aromatic rings. The Bertz CT molecular complexity index is 364. The first kappa shape index (κ1) is 15.7. The number of nitrogens with zero attached hydrogens (tertiary/aromatic N) is 1. The summed E-state index contributed by atoms with van der Waals surface area (Å²) in [5.74, 6) is 0.622. The largest absolute Gasteiger partial charge is 0.343 e. The number of amides is 1. The Morgan fingerprint density at radius 3 is 2.58 bits per heavy atom. The van der Waals surface area contributed by atoms with E-state index in [2.05, 4.69) is 19.1 Å². The Labute approximate surface area is 116 Å². The van der Waals surface area contributed by atoms with Crippen molar-refractivity contribution in [2.75, 3.05) is 19.6 Å². The lowest BCUT2D eigenvalue weighted by Gasteiger charge is -2.24. The molecule has 1 unspecified atom stereocenters. The zero-order valence-electron chi connectivity index (χ0n) is 12.1. The van der Waals surface area contributed by atoms with Gasteiger partial charge in [-0.2, -0.15) is 0 Å². The van der Waals surface area contributed by atoms with Crippen molar-refractivity contribution >= 4 is 5.91 Å². The minimum Gasteiger partial charge on any atom is -0.343 e. The lowest BCUT2D eigenvalue weighted by atomic mass is 10.1. The van der Waals surface area contributed by atoms with Crippen molar-refractivity contribution in [1.82, 2.24) is 4.90 Å². The van der Waals surface area contributed by atoms with Crippen molar-refractivity contribution in [2.45, 2.75) is 33.1 Å². The van der Waals surface area contributed by atoms with Gasteiger partial charge < -0.3 is 10.6 Å². The topological polar surface area (TPSA) is 46.3 Å². The van der Waals surface area contributed by atoms with Gasteiger partial charge in [0, 0.05) is 19.5 Å². The molecule has 0 fully saturated rings. The van der Waals surface area contributed by atoms with E-state index in [0.29, 0.717) is 18.9 Å². The molecule has 0 aliphatic heterocycles. The summed E-state index contributed by atoms with van der Waals surface area (Å²) in [5, 5.41) is 0. The minimum absolute atomic E-state index is 0.249. The summed E-state index contributed by atoms with van der Waals surface area (Å²) in [7, 11) is 0. The fourth-order valence-electron chi connectivity index (χ4n) is 2.10. The average molecular weight is 262 g/mol. The molecule has 2 N–H and O–H groups in total. The number of carbonyl (C=O) groups is 1. The highest BCUT2D eigenvalue weighted by Gasteiger charge is 2.13. The number of aryl methyl sites for hydroxylation is 1. The smallest absolute Gasteiger partial charge is 0.222 e. The second kappa shape index (κ2) is 8.70. The Morgan fingerprint density at radius 2 is 2.00 bits per heavy atom. The van der Waals surface area contributed by atoms with Crippen LogP contribution >= 0.6 is 0 Å². The predicted octanol–water partition coefficient (Wildman–Crippen LogP) is 2.45. The molecule has 0 spiro atoms. The van der Waals surface area contributed by atoms with Crippen LogP contribution in [0.15, 0.2) is 30.3 Å². The summed E-state index contributed by atoms with van der Waals surface area (Å²) in [5.41, 5.74) is 6.91. The van der Waals surface area contributed by atoms with Gasteiger partial charge in [-0.3, -0.25) is 4.79 Å². The number of hydrogen-bond donors (Lipinski definition) is 1. The molecule has 0 saturated heterocycles. The third-order valence-electron chi connectivity index (χ3n) is 3.37. The lowest BCUT2D eigenvalue weighted by Crippen LogP contribution is -2.36. The van der Waals surface area contributed by atoms with E-state index in [1.165, 1.54) is 5.56 Å². The van der Waals surface area contributed by atoms with Gasteiger partial charge in [0.25, 0.3) is 0 Å². The van der Waals surface area contributed by atoms with E-state index in [1.54, 1.807) is 0 Å². The van der Waals surface area contributed by atoms with Crippen LogP contribution in [-0.4, -0.2) is 30.4 Å². The second-order valence-corrected chi connectivity index (χ2v) is 5.11. The van der Waals surface area contributed by atoms with Gasteiger partial charge >= 0.3 is 0 Å². The van der Waals surface area contributed by atoms with Gasteiger partial charge in [-0.05, 0) is 37.8 Å². The van der Waals surface area contributed by atoms with Crippen LogP contribution in [0.2, 0.25) is 0 Å². The summed E-state index contributed by atoms with van der Waals surface area (Å²) in [6, 6.07) is 10.3. The summed E-state index contributed by atoms with van der Waals surface area (Å²) >= 11 is 0. The molecule has 0 bridgehead atoms. The molecule has 1 amide bonds. The quantitative estimate of drug-likeness (QED) is 0.782. The molecule has 1 atom stereocenters. The van der Waals surface area contributed by atoms with Crippen LogP contribution in [0.3, 0.4) is 0 Å². The fraction of sp³-hybridized carbons (Fsp3) is 0.562. The number of hydrogen-bond acceptors (Lipinski definition) is 2. The van der Waals surface area contributed by atoms with E-state index in [0.717, 1.165) is 25.9 Å². The molecular weight excluding hydrogens is 236 g/mol. The molecule has 3 nitrogen and oxygen atoms in total. The first-order valence-electron chi connectivity index (χ1n) is 7.19. The third kappa shape index (κ3) is 5.88. The lowest BCUT2D eigenvalue weighted by molar-refractivity contribution is -0.131. The number of rotatable bonds is 8. The zero-order valence-corrected chi connectivity index (χ0v) is 12.1. The predicted molar refractivity (Wildman–Crippen MR) is 79.9 cm³/mol. The van der Waals surface area contributed by atoms with Crippen LogP contribution in [-0.2, 0) is 11.2 Å². The maximum atomic E-state index is 12.1. The van der Waals surface area contributed by atoms with Gasteiger partial charge in [0.2, 0.25) is 5.91 Å². The van der Waals surface area contributed by atoms with E-state index in [9.17, 15) is 4.79 Å². The standard InChI is InChI=1S/C16H26N2O/c1-3-18(13-14(2)12-17)16(19)11-7-10-15-8-5-4-6-9-15/h4-6,8-9,14H,3,7,10-13,17H2,1-2H3. The Balaban J connectivity index is 2.32. The summed E-state index contributed by atoms with van der Waals surface area (Å²) < 4.78 is 0. The molecule has 0 saturated carbocycles. The van der Waals surface area contributed by atoms with Crippen molar-refractivity contribution in [3.8, 4) is 0 Å². The van der Waals surface area contributed by atoms with Crippen molar-refractivity contribution < 1.29 is 4.79 Å². The van der Waals surface area contributed by atoms with E-state index in [-0.39, 0.29) is 5.91 Å². The number of nitrogens with two attached hydrogens (primary N) is 1. The molecule has 0 aliphatic carbocycles. The average Bonchev–Trinajstić information content (AvgIpc) is 2.45. The second-order valence-electron chi connectivity index (χ2n) is 5.11. The number of carbonyl (C=O) groups excluding carboxylic acids is 1. The Kier molecular flexibility index (Phi) is 7.19. The monoisotopic (exact) mass is 262 g/mol. The van der Waals surface area contributed by atoms with E-state index in [4.69, 9.17) is 5.73 Å². The maximum Gasteiger partial charge on any atom is 0.222 e. The number of benzene rings is 1. The third-order valence-corrected chi connectivity index (χ3v) is 3.37. The van der Waals surface area contributed by atoms with Crippen molar-refractivity contribution in [3.63, 3.8) is 0 Å². The van der Waals surface area contributed by atoms with Crippen LogP contribution < -0.4 is 5.73 Å². The van der Waals surface area contributed by atoms with Crippen molar-refractivity contribution in [2.24, 2.45) is 11.7 Å². The van der Waals surface area contributed by atoms with Crippen molar-refractivity contribution in [1.29, 1.82) is 0 Å². The van der Waals surface area contributed by atoms with Gasteiger partial charge in [0.1, 0.15) is 0 Å². The summed E-state index contributed by atoms with van der Waals surface area (Å²) in [6.07, 6.45) is 2.51. The highest BCUT2D eigenvalue weighted by molar-refractivity contribution is 5.76. The fourth-order valence-corrected chi connectivity index (χ4v) is 2.10. The van der Waals surface area contributed by atoms with E-state index >= 15 is 0 Å². The molecule has 1 aromatic carbocycles. The van der Waals surface area contributed by atoms with Gasteiger partial charge in [-0.1, -0.05) is 37.3 Å². The summed E-state index contributed by atoms with van der Waals surface area (Å²) in [4.78, 5) is 14.0. The van der Waals surface area contributed by atoms with Gasteiger partial charge in [-0.15, -0.1) is 0 Å². The minimum atomic E-state index is 0.249. The van der Waals surface area contributed by atoms with Gasteiger partial charge in [-0.25, -0.2) is 0 Å². The highest BCUT2D eigenvalue weighted by atomic mass is 16.2. The van der Waals surface area contributed by atoms with Crippen LogP contribution in [0.1, 0.15) is 32.3 Å². The molecule has 3 heteroatoms.